The molecule has 0 fully saturated rings. The summed E-state index contributed by atoms with van der Waals surface area (Å²) in [5.74, 6) is 1.42. The summed E-state index contributed by atoms with van der Waals surface area (Å²) in [6.45, 7) is 2.56. The third kappa shape index (κ3) is 3.25. The number of anilines is 1. The van der Waals surface area contributed by atoms with Gasteiger partial charge in [-0.1, -0.05) is 18.2 Å². The number of hydrogen-bond acceptors (Lipinski definition) is 5. The molecule has 0 spiro atoms. The van der Waals surface area contributed by atoms with Crippen LogP contribution in [0.1, 0.15) is 41.3 Å². The second-order valence-corrected chi connectivity index (χ2v) is 6.47. The molecule has 2 heterocycles. The number of aryl methyl sites for hydroxylation is 2. The molecule has 0 bridgehead atoms. The molecule has 128 valence electrons. The predicted octanol–water partition coefficient (Wildman–Crippen LogP) is 2.92. The molecule has 1 aliphatic carbocycles. The second-order valence-electron chi connectivity index (χ2n) is 6.47. The van der Waals surface area contributed by atoms with Gasteiger partial charge in [0.1, 0.15) is 0 Å². The van der Waals surface area contributed by atoms with Crippen molar-refractivity contribution in [1.82, 2.24) is 19.7 Å². The van der Waals surface area contributed by atoms with E-state index in [1.807, 2.05) is 25.3 Å². The Hall–Kier alpha value is -2.73. The lowest BCUT2D eigenvalue weighted by molar-refractivity contribution is 0.595. The van der Waals surface area contributed by atoms with Gasteiger partial charge in [-0.25, -0.2) is 9.67 Å². The van der Waals surface area contributed by atoms with Crippen LogP contribution in [-0.4, -0.2) is 19.7 Å². The molecule has 3 N–H and O–H groups in total. The molecule has 25 heavy (non-hydrogen) atoms. The summed E-state index contributed by atoms with van der Waals surface area (Å²) in [5, 5.41) is 7.78. The van der Waals surface area contributed by atoms with Crippen molar-refractivity contribution in [3.05, 3.63) is 65.1 Å². The van der Waals surface area contributed by atoms with Crippen LogP contribution < -0.4 is 11.1 Å². The molecule has 0 amide bonds. The van der Waals surface area contributed by atoms with Gasteiger partial charge >= 0.3 is 0 Å². The van der Waals surface area contributed by atoms with E-state index in [9.17, 15) is 0 Å². The molecule has 1 atom stereocenters. The summed E-state index contributed by atoms with van der Waals surface area (Å²) in [6, 6.07) is 10.6. The Morgan fingerprint density at radius 2 is 2.20 bits per heavy atom. The van der Waals surface area contributed by atoms with Crippen molar-refractivity contribution in [2.45, 2.75) is 38.8 Å². The summed E-state index contributed by atoms with van der Waals surface area (Å²) in [6.07, 6.45) is 6.96. The first-order chi connectivity index (χ1) is 12.2. The molecule has 0 saturated heterocycles. The minimum atomic E-state index is 0.225. The fourth-order valence-electron chi connectivity index (χ4n) is 3.44. The highest BCUT2D eigenvalue weighted by Gasteiger charge is 2.21. The van der Waals surface area contributed by atoms with E-state index in [0.717, 1.165) is 30.8 Å². The van der Waals surface area contributed by atoms with Crippen molar-refractivity contribution in [2.24, 2.45) is 5.73 Å². The van der Waals surface area contributed by atoms with Crippen molar-refractivity contribution in [2.75, 3.05) is 5.32 Å². The lowest BCUT2D eigenvalue weighted by Gasteiger charge is -2.27. The van der Waals surface area contributed by atoms with Crippen LogP contribution in [0.25, 0.3) is 5.82 Å². The number of benzene rings is 1. The normalized spacial score (nSPS) is 16.5. The maximum absolute atomic E-state index is 5.78. The van der Waals surface area contributed by atoms with Crippen molar-refractivity contribution >= 4 is 5.95 Å². The van der Waals surface area contributed by atoms with Gasteiger partial charge in [-0.15, -0.1) is 0 Å². The van der Waals surface area contributed by atoms with Crippen molar-refractivity contribution in [3.63, 3.8) is 0 Å². The minimum absolute atomic E-state index is 0.225. The van der Waals surface area contributed by atoms with Crippen LogP contribution in [0.4, 0.5) is 5.95 Å². The van der Waals surface area contributed by atoms with Gasteiger partial charge in [-0.3, -0.25) is 0 Å². The van der Waals surface area contributed by atoms with Crippen LogP contribution >= 0.6 is 0 Å². The zero-order chi connectivity index (χ0) is 17.2. The van der Waals surface area contributed by atoms with E-state index < -0.39 is 0 Å². The van der Waals surface area contributed by atoms with Crippen LogP contribution in [-0.2, 0) is 13.0 Å². The molecular weight excluding hydrogens is 312 g/mol. The number of fused-ring (bicyclic) bond motifs is 1. The number of aromatic nitrogens is 4. The molecule has 3 aromatic rings. The lowest BCUT2D eigenvalue weighted by atomic mass is 9.86. The summed E-state index contributed by atoms with van der Waals surface area (Å²) in [4.78, 5) is 9.20. The highest BCUT2D eigenvalue weighted by molar-refractivity contribution is 5.42. The predicted molar refractivity (Wildman–Crippen MR) is 97.5 cm³/mol. The van der Waals surface area contributed by atoms with Gasteiger partial charge in [0.15, 0.2) is 5.82 Å². The Bertz CT molecular complexity index is 872. The molecule has 1 aliphatic rings. The maximum Gasteiger partial charge on any atom is 0.225 e. The first-order valence-corrected chi connectivity index (χ1v) is 8.67. The number of nitrogens with one attached hydrogen (secondary N) is 1. The van der Waals surface area contributed by atoms with Gasteiger partial charge in [0, 0.05) is 30.7 Å². The van der Waals surface area contributed by atoms with Crippen molar-refractivity contribution in [1.29, 1.82) is 0 Å². The molecule has 6 heteroatoms. The lowest BCUT2D eigenvalue weighted by Crippen LogP contribution is -2.19. The van der Waals surface area contributed by atoms with Gasteiger partial charge < -0.3 is 11.1 Å². The van der Waals surface area contributed by atoms with Gasteiger partial charge in [-0.2, -0.15) is 10.1 Å². The number of rotatable bonds is 4. The third-order valence-corrected chi connectivity index (χ3v) is 4.64. The average molecular weight is 334 g/mol. The molecule has 4 rings (SSSR count). The average Bonchev–Trinajstić information content (AvgIpc) is 3.16. The third-order valence-electron chi connectivity index (χ3n) is 4.64. The molecule has 0 saturated carbocycles. The quantitative estimate of drug-likeness (QED) is 0.767. The molecule has 1 unspecified atom stereocenters. The SMILES string of the molecule is Cc1cc(-n2cccn2)nc(NC2CCCc3cc(CN)ccc32)n1. The highest BCUT2D eigenvalue weighted by Crippen LogP contribution is 2.32. The molecule has 6 nitrogen and oxygen atoms in total. The van der Waals surface area contributed by atoms with Crippen LogP contribution in [0.3, 0.4) is 0 Å². The molecule has 0 radical (unpaired) electrons. The zero-order valence-electron chi connectivity index (χ0n) is 14.3. The van der Waals surface area contributed by atoms with E-state index in [4.69, 9.17) is 5.73 Å². The number of hydrogen-bond donors (Lipinski definition) is 2. The van der Waals surface area contributed by atoms with Crippen molar-refractivity contribution < 1.29 is 0 Å². The first kappa shape index (κ1) is 15.8. The Morgan fingerprint density at radius 3 is 3.00 bits per heavy atom. The number of nitrogens with two attached hydrogens (primary N) is 1. The second kappa shape index (κ2) is 6.64. The topological polar surface area (TPSA) is 81.7 Å². The number of nitrogens with zero attached hydrogens (tertiary/aromatic N) is 4. The van der Waals surface area contributed by atoms with E-state index in [1.54, 1.807) is 10.9 Å². The van der Waals surface area contributed by atoms with Crippen LogP contribution in [0.2, 0.25) is 0 Å². The standard InChI is InChI=1S/C19H22N6/c1-13-10-18(25-9-3-8-21-25)24-19(22-13)23-17-5-2-4-15-11-14(12-20)6-7-16(15)17/h3,6-11,17H,2,4-5,12,20H2,1H3,(H,22,23,24). The fourth-order valence-corrected chi connectivity index (χ4v) is 3.44. The van der Waals surface area contributed by atoms with E-state index >= 15 is 0 Å². The Labute approximate surface area is 147 Å². The van der Waals surface area contributed by atoms with Crippen molar-refractivity contribution in [3.8, 4) is 5.82 Å². The molecular formula is C19H22N6. The van der Waals surface area contributed by atoms with Crippen LogP contribution in [0.15, 0.2) is 42.7 Å². The Kier molecular flexibility index (Phi) is 4.19. The fraction of sp³-hybridized carbons (Fsp3) is 0.316. The molecule has 0 aliphatic heterocycles. The van der Waals surface area contributed by atoms with Gasteiger partial charge in [0.2, 0.25) is 5.95 Å². The van der Waals surface area contributed by atoms with Gasteiger partial charge in [0.25, 0.3) is 0 Å². The minimum Gasteiger partial charge on any atom is -0.347 e. The largest absolute Gasteiger partial charge is 0.347 e. The van der Waals surface area contributed by atoms with E-state index in [-0.39, 0.29) is 6.04 Å². The van der Waals surface area contributed by atoms with Gasteiger partial charge in [-0.05, 0) is 48.9 Å². The Balaban J connectivity index is 1.63. The summed E-state index contributed by atoms with van der Waals surface area (Å²) in [5.41, 5.74) is 10.6. The summed E-state index contributed by atoms with van der Waals surface area (Å²) >= 11 is 0. The van der Waals surface area contributed by atoms with Crippen LogP contribution in [0.5, 0.6) is 0 Å². The van der Waals surface area contributed by atoms with Crippen LogP contribution in [0, 0.1) is 6.92 Å². The monoisotopic (exact) mass is 334 g/mol. The summed E-state index contributed by atoms with van der Waals surface area (Å²) < 4.78 is 1.75. The maximum atomic E-state index is 5.78. The zero-order valence-corrected chi connectivity index (χ0v) is 14.3. The molecule has 1 aromatic carbocycles. The smallest absolute Gasteiger partial charge is 0.225 e. The highest BCUT2D eigenvalue weighted by atomic mass is 15.3. The van der Waals surface area contributed by atoms with E-state index in [2.05, 4.69) is 38.6 Å². The van der Waals surface area contributed by atoms with E-state index in [1.165, 1.54) is 16.7 Å². The van der Waals surface area contributed by atoms with Gasteiger partial charge in [0.05, 0.1) is 6.04 Å². The first-order valence-electron chi connectivity index (χ1n) is 8.67. The molecule has 2 aromatic heterocycles. The summed E-state index contributed by atoms with van der Waals surface area (Å²) in [7, 11) is 0. The Morgan fingerprint density at radius 1 is 1.28 bits per heavy atom. The van der Waals surface area contributed by atoms with E-state index in [0.29, 0.717) is 12.5 Å².